The normalized spacial score (nSPS) is 9.94. The van der Waals surface area contributed by atoms with E-state index in [0.29, 0.717) is 26.1 Å². The van der Waals surface area contributed by atoms with E-state index < -0.39 is 0 Å². The third kappa shape index (κ3) is 5.70. The molecule has 1 aromatic rings. The van der Waals surface area contributed by atoms with Gasteiger partial charge in [-0.3, -0.25) is 9.59 Å². The minimum absolute atomic E-state index is 0.0806. The molecule has 0 saturated carbocycles. The number of nitrogens with zero attached hydrogens (tertiary/aromatic N) is 2. The number of ether oxygens (including phenoxy) is 1. The summed E-state index contributed by atoms with van der Waals surface area (Å²) in [5, 5.41) is 2.66. The first-order valence-electron chi connectivity index (χ1n) is 5.60. The van der Waals surface area contributed by atoms with E-state index >= 15 is 0 Å². The minimum Gasteiger partial charge on any atom is -0.466 e. The van der Waals surface area contributed by atoms with Crippen LogP contribution in [0.1, 0.15) is 19.8 Å². The Balaban J connectivity index is 2.07. The van der Waals surface area contributed by atoms with E-state index in [2.05, 4.69) is 10.3 Å². The van der Waals surface area contributed by atoms with E-state index in [1.54, 1.807) is 25.6 Å². The molecule has 17 heavy (non-hydrogen) atoms. The first-order chi connectivity index (χ1) is 8.22. The van der Waals surface area contributed by atoms with Crippen molar-refractivity contribution in [2.75, 3.05) is 13.2 Å². The van der Waals surface area contributed by atoms with Crippen LogP contribution in [0.5, 0.6) is 0 Å². The SMILES string of the molecule is CCOC(=O)CCNC(=O)CCn1ccnc1. The van der Waals surface area contributed by atoms with Crippen molar-refractivity contribution in [2.24, 2.45) is 0 Å². The van der Waals surface area contributed by atoms with Crippen LogP contribution in [0, 0.1) is 0 Å². The minimum atomic E-state index is -0.289. The molecule has 1 rings (SSSR count). The lowest BCUT2D eigenvalue weighted by Crippen LogP contribution is -2.27. The van der Waals surface area contributed by atoms with E-state index in [4.69, 9.17) is 4.74 Å². The van der Waals surface area contributed by atoms with Crippen molar-refractivity contribution in [3.8, 4) is 0 Å². The zero-order chi connectivity index (χ0) is 12.5. The molecule has 0 aliphatic carbocycles. The first kappa shape index (κ1) is 13.2. The third-order valence-corrected chi connectivity index (χ3v) is 2.11. The van der Waals surface area contributed by atoms with Crippen molar-refractivity contribution in [1.82, 2.24) is 14.9 Å². The van der Waals surface area contributed by atoms with Gasteiger partial charge in [-0.1, -0.05) is 0 Å². The quantitative estimate of drug-likeness (QED) is 0.696. The number of nitrogens with one attached hydrogen (secondary N) is 1. The maximum absolute atomic E-state index is 11.4. The van der Waals surface area contributed by atoms with Crippen molar-refractivity contribution in [3.63, 3.8) is 0 Å². The number of hydrogen-bond donors (Lipinski definition) is 1. The number of amides is 1. The van der Waals surface area contributed by atoms with Gasteiger partial charge in [0, 0.05) is 31.9 Å². The number of rotatable bonds is 7. The van der Waals surface area contributed by atoms with Gasteiger partial charge in [-0.15, -0.1) is 0 Å². The van der Waals surface area contributed by atoms with E-state index in [-0.39, 0.29) is 18.3 Å². The van der Waals surface area contributed by atoms with Gasteiger partial charge >= 0.3 is 5.97 Å². The van der Waals surface area contributed by atoms with E-state index in [0.717, 1.165) is 0 Å². The highest BCUT2D eigenvalue weighted by Crippen LogP contribution is 1.91. The van der Waals surface area contributed by atoms with Crippen LogP contribution in [0.25, 0.3) is 0 Å². The average molecular weight is 239 g/mol. The van der Waals surface area contributed by atoms with Crippen molar-refractivity contribution in [2.45, 2.75) is 26.3 Å². The van der Waals surface area contributed by atoms with Crippen molar-refractivity contribution >= 4 is 11.9 Å². The number of aromatic nitrogens is 2. The van der Waals surface area contributed by atoms with Crippen LogP contribution in [0.4, 0.5) is 0 Å². The lowest BCUT2D eigenvalue weighted by Gasteiger charge is -2.05. The Bertz CT molecular complexity index is 349. The van der Waals surface area contributed by atoms with E-state index in [9.17, 15) is 9.59 Å². The van der Waals surface area contributed by atoms with Crippen molar-refractivity contribution in [3.05, 3.63) is 18.7 Å². The topological polar surface area (TPSA) is 73.2 Å². The number of hydrogen-bond acceptors (Lipinski definition) is 4. The fourth-order valence-electron chi connectivity index (χ4n) is 1.28. The Morgan fingerprint density at radius 1 is 1.41 bits per heavy atom. The van der Waals surface area contributed by atoms with Crippen LogP contribution in [0.2, 0.25) is 0 Å². The van der Waals surface area contributed by atoms with Gasteiger partial charge < -0.3 is 14.6 Å². The largest absolute Gasteiger partial charge is 0.466 e. The summed E-state index contributed by atoms with van der Waals surface area (Å²) in [6.45, 7) is 3.03. The Morgan fingerprint density at radius 3 is 2.88 bits per heavy atom. The molecule has 0 radical (unpaired) electrons. The summed E-state index contributed by atoms with van der Waals surface area (Å²) >= 11 is 0. The zero-order valence-electron chi connectivity index (χ0n) is 9.89. The molecule has 0 aromatic carbocycles. The standard InChI is InChI=1S/C11H17N3O3/c1-2-17-11(16)3-5-13-10(15)4-7-14-8-6-12-9-14/h6,8-9H,2-5,7H2,1H3,(H,13,15). The Hall–Kier alpha value is -1.85. The van der Waals surface area contributed by atoms with Gasteiger partial charge in [-0.25, -0.2) is 4.98 Å². The number of carbonyl (C=O) groups is 2. The fourth-order valence-corrected chi connectivity index (χ4v) is 1.28. The molecule has 0 bridgehead atoms. The fraction of sp³-hybridized carbons (Fsp3) is 0.545. The molecule has 0 aliphatic heterocycles. The summed E-state index contributed by atoms with van der Waals surface area (Å²) in [6, 6.07) is 0. The molecule has 1 amide bonds. The van der Waals surface area contributed by atoms with Gasteiger partial charge in [0.25, 0.3) is 0 Å². The monoisotopic (exact) mass is 239 g/mol. The Morgan fingerprint density at radius 2 is 2.24 bits per heavy atom. The van der Waals surface area contributed by atoms with Gasteiger partial charge in [0.05, 0.1) is 19.4 Å². The maximum atomic E-state index is 11.4. The molecule has 1 N–H and O–H groups in total. The summed E-state index contributed by atoms with van der Waals surface area (Å²) in [5.41, 5.74) is 0. The van der Waals surface area contributed by atoms with Crippen molar-refractivity contribution in [1.29, 1.82) is 0 Å². The summed E-state index contributed by atoms with van der Waals surface area (Å²) in [6.07, 6.45) is 5.71. The highest BCUT2D eigenvalue weighted by Gasteiger charge is 2.04. The molecule has 0 fully saturated rings. The molecule has 0 atom stereocenters. The smallest absolute Gasteiger partial charge is 0.307 e. The third-order valence-electron chi connectivity index (χ3n) is 2.11. The molecular weight excluding hydrogens is 222 g/mol. The van der Waals surface area contributed by atoms with Crippen LogP contribution in [-0.2, 0) is 20.9 Å². The number of aryl methyl sites for hydroxylation is 1. The van der Waals surface area contributed by atoms with E-state index in [1.165, 1.54) is 0 Å². The van der Waals surface area contributed by atoms with Gasteiger partial charge in [-0.2, -0.15) is 0 Å². The van der Waals surface area contributed by atoms with Crippen LogP contribution < -0.4 is 5.32 Å². The van der Waals surface area contributed by atoms with Crippen LogP contribution in [0.15, 0.2) is 18.7 Å². The lowest BCUT2D eigenvalue weighted by molar-refractivity contribution is -0.143. The van der Waals surface area contributed by atoms with Gasteiger partial charge in [0.1, 0.15) is 0 Å². The summed E-state index contributed by atoms with van der Waals surface area (Å²) in [4.78, 5) is 26.2. The Labute approximate surface area is 100.0 Å². The molecule has 6 nitrogen and oxygen atoms in total. The lowest BCUT2D eigenvalue weighted by atomic mass is 10.3. The zero-order valence-corrected chi connectivity index (χ0v) is 9.89. The van der Waals surface area contributed by atoms with Crippen molar-refractivity contribution < 1.29 is 14.3 Å². The predicted molar refractivity (Wildman–Crippen MR) is 61.1 cm³/mol. The molecule has 1 aromatic heterocycles. The highest BCUT2D eigenvalue weighted by atomic mass is 16.5. The van der Waals surface area contributed by atoms with Gasteiger partial charge in [-0.05, 0) is 6.92 Å². The number of esters is 1. The molecule has 0 unspecified atom stereocenters. The highest BCUT2D eigenvalue weighted by molar-refractivity contribution is 5.76. The van der Waals surface area contributed by atoms with Gasteiger partial charge in [0.2, 0.25) is 5.91 Å². The van der Waals surface area contributed by atoms with E-state index in [1.807, 2.05) is 4.57 Å². The van der Waals surface area contributed by atoms with Crippen LogP contribution >= 0.6 is 0 Å². The molecule has 0 saturated heterocycles. The second kappa shape index (κ2) is 7.43. The molecular formula is C11H17N3O3. The molecule has 1 heterocycles. The van der Waals surface area contributed by atoms with Gasteiger partial charge in [0.15, 0.2) is 0 Å². The predicted octanol–water partition coefficient (Wildman–Crippen LogP) is 0.343. The second-order valence-electron chi connectivity index (χ2n) is 3.46. The average Bonchev–Trinajstić information content (AvgIpc) is 2.79. The van der Waals surface area contributed by atoms with Crippen LogP contribution in [-0.4, -0.2) is 34.6 Å². The summed E-state index contributed by atoms with van der Waals surface area (Å²) in [5.74, 6) is -0.370. The number of imidazole rings is 1. The maximum Gasteiger partial charge on any atom is 0.307 e. The molecule has 0 spiro atoms. The molecule has 6 heteroatoms. The Kier molecular flexibility index (Phi) is 5.77. The molecule has 94 valence electrons. The molecule has 0 aliphatic rings. The summed E-state index contributed by atoms with van der Waals surface area (Å²) in [7, 11) is 0. The van der Waals surface area contributed by atoms with Crippen LogP contribution in [0.3, 0.4) is 0 Å². The first-order valence-corrected chi connectivity index (χ1v) is 5.60. The summed E-state index contributed by atoms with van der Waals surface area (Å²) < 4.78 is 6.56. The number of carbonyl (C=O) groups excluding carboxylic acids is 2. The second-order valence-corrected chi connectivity index (χ2v) is 3.46.